The molecule has 0 unspecified atom stereocenters. The molecule has 0 spiro atoms. The van der Waals surface area contributed by atoms with E-state index in [0.29, 0.717) is 13.0 Å². The molecule has 0 aliphatic heterocycles. The van der Waals surface area contributed by atoms with Crippen LogP contribution in [0.2, 0.25) is 0 Å². The zero-order valence-electron chi connectivity index (χ0n) is 16.4. The molecule has 0 saturated carbocycles. The number of fused-ring (bicyclic) bond motifs is 2. The number of para-hydroxylation sites is 1. The molecular weight excluding hydrogens is 362 g/mol. The minimum atomic E-state index is -0.721. The van der Waals surface area contributed by atoms with Gasteiger partial charge in [-0.3, -0.25) is 4.79 Å². The van der Waals surface area contributed by atoms with E-state index in [0.717, 1.165) is 48.0 Å². The molecule has 4 nitrogen and oxygen atoms in total. The molecule has 0 saturated heterocycles. The van der Waals surface area contributed by atoms with Crippen molar-refractivity contribution >= 4 is 22.4 Å². The summed E-state index contributed by atoms with van der Waals surface area (Å²) in [6.07, 6.45) is 7.01. The molecule has 1 N–H and O–H groups in total. The van der Waals surface area contributed by atoms with Gasteiger partial charge in [0.25, 0.3) is 0 Å². The summed E-state index contributed by atoms with van der Waals surface area (Å²) in [6, 6.07) is 18.4. The van der Waals surface area contributed by atoms with Crippen LogP contribution in [-0.4, -0.2) is 16.1 Å². The number of aliphatic carboxylic acids is 1. The van der Waals surface area contributed by atoms with Gasteiger partial charge in [-0.15, -0.1) is 0 Å². The lowest BCUT2D eigenvalue weighted by Crippen LogP contribution is -2.06. The number of rotatable bonds is 8. The molecule has 1 aliphatic carbocycles. The summed E-state index contributed by atoms with van der Waals surface area (Å²) in [5.74, 6) is 0.203. The molecule has 1 aliphatic rings. The van der Waals surface area contributed by atoms with Crippen molar-refractivity contribution < 1.29 is 14.6 Å². The lowest BCUT2D eigenvalue weighted by Gasteiger charge is -2.21. The third-order valence-corrected chi connectivity index (χ3v) is 5.38. The molecule has 0 atom stereocenters. The largest absolute Gasteiger partial charge is 0.487 e. The maximum Gasteiger partial charge on any atom is 0.303 e. The topological polar surface area (TPSA) is 59.4 Å². The molecular formula is C25H25NO3. The summed E-state index contributed by atoms with van der Waals surface area (Å²) < 4.78 is 6.18. The van der Waals surface area contributed by atoms with Crippen molar-refractivity contribution in [1.29, 1.82) is 0 Å². The van der Waals surface area contributed by atoms with Gasteiger partial charge in [-0.05, 0) is 61.4 Å². The van der Waals surface area contributed by atoms with Crippen LogP contribution < -0.4 is 4.74 Å². The SMILES string of the molecule is O=C(O)CCCCC1=CCCc2c(OCc3ccc4ccccc4n3)cccc21. The summed E-state index contributed by atoms with van der Waals surface area (Å²) in [7, 11) is 0. The summed E-state index contributed by atoms with van der Waals surface area (Å²) in [4.78, 5) is 15.4. The van der Waals surface area contributed by atoms with Gasteiger partial charge in [-0.25, -0.2) is 4.98 Å². The van der Waals surface area contributed by atoms with Crippen LogP contribution in [-0.2, 0) is 17.8 Å². The van der Waals surface area contributed by atoms with Crippen molar-refractivity contribution in [3.63, 3.8) is 0 Å². The van der Waals surface area contributed by atoms with Gasteiger partial charge in [0, 0.05) is 17.4 Å². The van der Waals surface area contributed by atoms with Crippen LogP contribution in [0.1, 0.15) is 48.9 Å². The lowest BCUT2D eigenvalue weighted by molar-refractivity contribution is -0.137. The molecule has 0 fully saturated rings. The molecule has 29 heavy (non-hydrogen) atoms. The van der Waals surface area contributed by atoms with Gasteiger partial charge >= 0.3 is 5.97 Å². The van der Waals surface area contributed by atoms with Crippen LogP contribution in [0.25, 0.3) is 16.5 Å². The molecule has 2 aromatic carbocycles. The fourth-order valence-corrected chi connectivity index (χ4v) is 3.93. The number of carbonyl (C=O) groups is 1. The minimum Gasteiger partial charge on any atom is -0.487 e. The van der Waals surface area contributed by atoms with E-state index >= 15 is 0 Å². The van der Waals surface area contributed by atoms with Crippen molar-refractivity contribution in [2.45, 2.75) is 45.1 Å². The van der Waals surface area contributed by atoms with Crippen LogP contribution >= 0.6 is 0 Å². The number of allylic oxidation sites excluding steroid dienone is 2. The van der Waals surface area contributed by atoms with Gasteiger partial charge < -0.3 is 9.84 Å². The Morgan fingerprint density at radius 3 is 2.83 bits per heavy atom. The maximum absolute atomic E-state index is 10.7. The number of carboxylic acid groups (broad SMARTS) is 1. The highest BCUT2D eigenvalue weighted by atomic mass is 16.5. The lowest BCUT2D eigenvalue weighted by atomic mass is 9.87. The standard InChI is InChI=1S/C25H25NO3/c27-25(28)14-4-2-7-18-9-5-11-22-21(18)10-6-13-24(22)29-17-20-16-15-19-8-1-3-12-23(19)26-20/h1,3,6,8-10,12-13,15-16H,2,4-5,7,11,14,17H2,(H,27,28). The molecule has 4 rings (SSSR count). The van der Waals surface area contributed by atoms with Gasteiger partial charge in [0.2, 0.25) is 0 Å². The average molecular weight is 387 g/mol. The van der Waals surface area contributed by atoms with Crippen LogP contribution in [0.4, 0.5) is 0 Å². The number of carboxylic acids is 1. The first-order chi connectivity index (χ1) is 14.2. The first-order valence-electron chi connectivity index (χ1n) is 10.2. The number of benzene rings is 2. The van der Waals surface area contributed by atoms with Crippen LogP contribution in [0.15, 0.2) is 60.7 Å². The van der Waals surface area contributed by atoms with E-state index in [-0.39, 0.29) is 6.42 Å². The van der Waals surface area contributed by atoms with E-state index in [9.17, 15) is 4.79 Å². The van der Waals surface area contributed by atoms with Crippen LogP contribution in [0.5, 0.6) is 5.75 Å². The normalized spacial score (nSPS) is 13.0. The first kappa shape index (κ1) is 19.2. The highest BCUT2D eigenvalue weighted by molar-refractivity contribution is 5.78. The molecule has 1 aromatic heterocycles. The zero-order chi connectivity index (χ0) is 20.1. The zero-order valence-corrected chi connectivity index (χ0v) is 16.4. The van der Waals surface area contributed by atoms with Gasteiger partial charge in [-0.1, -0.05) is 42.5 Å². The Hall–Kier alpha value is -3.14. The second kappa shape index (κ2) is 8.91. The molecule has 0 bridgehead atoms. The summed E-state index contributed by atoms with van der Waals surface area (Å²) in [6.45, 7) is 0.443. The third-order valence-electron chi connectivity index (χ3n) is 5.38. The molecule has 4 heteroatoms. The van der Waals surface area contributed by atoms with E-state index in [2.05, 4.69) is 24.3 Å². The first-order valence-corrected chi connectivity index (χ1v) is 10.2. The number of aromatic nitrogens is 1. The molecule has 0 radical (unpaired) electrons. The van der Waals surface area contributed by atoms with Crippen molar-refractivity contribution in [2.24, 2.45) is 0 Å². The smallest absolute Gasteiger partial charge is 0.303 e. The quantitative estimate of drug-likeness (QED) is 0.497. The monoisotopic (exact) mass is 387 g/mol. The Labute approximate surface area is 170 Å². The Bertz CT molecular complexity index is 1050. The summed E-state index contributed by atoms with van der Waals surface area (Å²) in [5, 5.41) is 9.95. The highest BCUT2D eigenvalue weighted by Crippen LogP contribution is 2.35. The number of pyridine rings is 1. The fourth-order valence-electron chi connectivity index (χ4n) is 3.93. The third kappa shape index (κ3) is 4.65. The second-order valence-electron chi connectivity index (χ2n) is 7.44. The second-order valence-corrected chi connectivity index (χ2v) is 7.44. The predicted octanol–water partition coefficient (Wildman–Crippen LogP) is 5.79. The van der Waals surface area contributed by atoms with E-state index in [1.165, 1.54) is 16.7 Å². The summed E-state index contributed by atoms with van der Waals surface area (Å²) in [5.41, 5.74) is 5.71. The molecule has 148 valence electrons. The van der Waals surface area contributed by atoms with Crippen molar-refractivity contribution in [2.75, 3.05) is 0 Å². The van der Waals surface area contributed by atoms with E-state index < -0.39 is 5.97 Å². The van der Waals surface area contributed by atoms with Gasteiger partial charge in [0.15, 0.2) is 0 Å². The molecule has 3 aromatic rings. The number of nitrogens with zero attached hydrogens (tertiary/aromatic N) is 1. The van der Waals surface area contributed by atoms with E-state index in [4.69, 9.17) is 14.8 Å². The van der Waals surface area contributed by atoms with E-state index in [1.54, 1.807) is 0 Å². The van der Waals surface area contributed by atoms with Crippen LogP contribution in [0, 0.1) is 0 Å². The van der Waals surface area contributed by atoms with Gasteiger partial charge in [-0.2, -0.15) is 0 Å². The summed E-state index contributed by atoms with van der Waals surface area (Å²) >= 11 is 0. The number of ether oxygens (including phenoxy) is 1. The number of unbranched alkanes of at least 4 members (excludes halogenated alkanes) is 1. The van der Waals surface area contributed by atoms with E-state index in [1.807, 2.05) is 36.4 Å². The van der Waals surface area contributed by atoms with Crippen molar-refractivity contribution in [3.05, 3.63) is 77.5 Å². The fraction of sp³-hybridized carbons (Fsp3) is 0.280. The van der Waals surface area contributed by atoms with Gasteiger partial charge in [0.05, 0.1) is 11.2 Å². The molecule has 0 amide bonds. The Balaban J connectivity index is 1.45. The highest BCUT2D eigenvalue weighted by Gasteiger charge is 2.17. The predicted molar refractivity (Wildman–Crippen MR) is 115 cm³/mol. The van der Waals surface area contributed by atoms with Crippen molar-refractivity contribution in [3.8, 4) is 5.75 Å². The Morgan fingerprint density at radius 1 is 1.03 bits per heavy atom. The molecule has 1 heterocycles. The van der Waals surface area contributed by atoms with Gasteiger partial charge in [0.1, 0.15) is 12.4 Å². The number of hydrogen-bond acceptors (Lipinski definition) is 3. The average Bonchev–Trinajstić information content (AvgIpc) is 2.75. The van der Waals surface area contributed by atoms with Crippen molar-refractivity contribution in [1.82, 2.24) is 4.98 Å². The Kier molecular flexibility index (Phi) is 5.89. The Morgan fingerprint density at radius 2 is 1.93 bits per heavy atom. The number of hydrogen-bond donors (Lipinski definition) is 1. The van der Waals surface area contributed by atoms with Crippen LogP contribution in [0.3, 0.4) is 0 Å². The maximum atomic E-state index is 10.7. The minimum absolute atomic E-state index is 0.238.